The molecule has 0 saturated carbocycles. The lowest BCUT2D eigenvalue weighted by molar-refractivity contribution is -0.347. The molecule has 0 aromatic heterocycles. The second kappa shape index (κ2) is 74.5. The first-order valence-electron chi connectivity index (χ1n) is 25.3. The average Bonchev–Trinajstić information content (AvgIpc) is 3.44. The van der Waals surface area contributed by atoms with Gasteiger partial charge in [0.05, 0.1) is 13.2 Å². The summed E-state index contributed by atoms with van der Waals surface area (Å²) in [6.45, 7) is 45.3. The third-order valence-electron chi connectivity index (χ3n) is 7.84. The van der Waals surface area contributed by atoms with E-state index >= 15 is 0 Å². The van der Waals surface area contributed by atoms with Crippen LogP contribution in [0.1, 0.15) is 108 Å². The summed E-state index contributed by atoms with van der Waals surface area (Å²) in [6, 6.07) is 0. The zero-order chi connectivity index (χ0) is 72.2. The number of rotatable bonds is 29. The number of hydrogen-bond acceptors (Lipinski definition) is 21. The third-order valence-corrected chi connectivity index (χ3v) is 7.84. The summed E-state index contributed by atoms with van der Waals surface area (Å²) in [5.41, 5.74) is -0.337. The van der Waals surface area contributed by atoms with Gasteiger partial charge in [0.2, 0.25) is 5.79 Å². The molecule has 87 heavy (non-hydrogen) atoms. The number of carboxylic acids is 9. The molecule has 0 rings (SSSR count). The van der Waals surface area contributed by atoms with Crippen LogP contribution in [0.15, 0.2) is 111 Å². The van der Waals surface area contributed by atoms with E-state index in [2.05, 4.69) is 63.9 Å². The van der Waals surface area contributed by atoms with E-state index in [4.69, 9.17) is 85.7 Å². The van der Waals surface area contributed by atoms with E-state index in [0.29, 0.717) is 38.9 Å². The Bertz CT molecular complexity index is 1640. The van der Waals surface area contributed by atoms with Crippen molar-refractivity contribution in [2.24, 2.45) is 5.92 Å². The third kappa shape index (κ3) is 95.0. The Morgan fingerprint density at radius 2 is 0.621 bits per heavy atom. The van der Waals surface area contributed by atoms with Crippen molar-refractivity contribution >= 4 is 53.7 Å². The summed E-state index contributed by atoms with van der Waals surface area (Å²) in [4.78, 5) is 85.3. The van der Waals surface area contributed by atoms with E-state index in [1.807, 2.05) is 0 Å². The smallest absolute Gasteiger partial charge is 0.330 e. The topological polar surface area (TPSA) is 534 Å². The summed E-state index contributed by atoms with van der Waals surface area (Å²) in [6.07, 6.45) is 3.35. The van der Waals surface area contributed by atoms with Crippen LogP contribution in [0.4, 0.5) is 0 Å². The van der Waals surface area contributed by atoms with Gasteiger partial charge in [-0.15, -0.1) is 0 Å². The first-order chi connectivity index (χ1) is 39.8. The van der Waals surface area contributed by atoms with Crippen molar-refractivity contribution < 1.29 is 149 Å². The molecule has 0 aromatic carbocycles. The Hall–Kier alpha value is -7.59. The van der Waals surface area contributed by atoms with Crippen molar-refractivity contribution in [1.29, 1.82) is 0 Å². The van der Waals surface area contributed by atoms with E-state index in [1.54, 1.807) is 34.6 Å². The van der Waals surface area contributed by atoms with E-state index in [-0.39, 0.29) is 78.8 Å². The largest absolute Gasteiger partial charge is 0.478 e. The van der Waals surface area contributed by atoms with E-state index in [1.165, 1.54) is 41.5 Å². The molecule has 0 heterocycles. The van der Waals surface area contributed by atoms with Crippen LogP contribution >= 0.6 is 0 Å². The van der Waals surface area contributed by atoms with E-state index in [0.717, 1.165) is 18.2 Å². The van der Waals surface area contributed by atoms with Gasteiger partial charge in [-0.3, -0.25) is 0 Å². The first-order valence-corrected chi connectivity index (χ1v) is 25.3. The van der Waals surface area contributed by atoms with Gasteiger partial charge in [0.1, 0.15) is 0 Å². The molecule has 0 aliphatic heterocycles. The molecule has 0 aromatic rings. The molecule has 30 nitrogen and oxygen atoms in total. The molecule has 2 atom stereocenters. The Labute approximate surface area is 509 Å². The van der Waals surface area contributed by atoms with Gasteiger partial charge in [0.25, 0.3) is 0 Å². The number of carboxylic acid groups (broad SMARTS) is 9. The highest BCUT2D eigenvalue weighted by atomic mass is 16.7. The van der Waals surface area contributed by atoms with Crippen LogP contribution in [0, 0.1) is 5.92 Å². The van der Waals surface area contributed by atoms with Crippen LogP contribution in [-0.2, 0) is 62.1 Å². The average molecular weight is 1270 g/mol. The van der Waals surface area contributed by atoms with Crippen LogP contribution in [0.3, 0.4) is 0 Å². The fourth-order valence-electron chi connectivity index (χ4n) is 3.05. The van der Waals surface area contributed by atoms with Crippen molar-refractivity contribution in [1.82, 2.24) is 0 Å². The number of aliphatic hydroxyl groups excluding tert-OH is 8. The number of aliphatic carboxylic acids is 9. The number of ether oxygens (including phenoxy) is 4. The standard InChI is InChI=1S/C12H26O6.2C6H14O3.6C4H6O2.3C3H4O2/c1-4-16-11(9-14,10-15)12(7-8-13,17-5-2)18-6-3;1-3-5(7)9-6(8)4-2;7-3-1-2-6(4-8)5-9;6*1-3(2)4(5)6;3*1-2-3(4)5/h13-15H,4-10H2,1-3H3;5-8H,3-4H2,1-2H3;6-9H,1-5H2;6*1H2,2H3,(H,5,6);3*2H,1H2,(H,4,5). The Morgan fingerprint density at radius 1 is 0.414 bits per heavy atom. The van der Waals surface area contributed by atoms with Crippen LogP contribution < -0.4 is 0 Å². The molecule has 17 N–H and O–H groups in total. The molecule has 30 heteroatoms. The highest BCUT2D eigenvalue weighted by Crippen LogP contribution is 2.34. The van der Waals surface area contributed by atoms with Crippen LogP contribution in [0.25, 0.3) is 0 Å². The van der Waals surface area contributed by atoms with Gasteiger partial charge in [0, 0.05) is 110 Å². The second-order valence-corrected chi connectivity index (χ2v) is 15.9. The lowest BCUT2D eigenvalue weighted by Gasteiger charge is -2.46. The predicted molar refractivity (Wildman–Crippen MR) is 322 cm³/mol. The molecule has 0 radical (unpaired) electrons. The zero-order valence-electron chi connectivity index (χ0n) is 52.1. The van der Waals surface area contributed by atoms with Gasteiger partial charge in [-0.1, -0.05) is 73.1 Å². The summed E-state index contributed by atoms with van der Waals surface area (Å²) in [7, 11) is 0. The molecule has 0 bridgehead atoms. The van der Waals surface area contributed by atoms with Crippen molar-refractivity contribution in [3.05, 3.63) is 111 Å². The lowest BCUT2D eigenvalue weighted by Crippen LogP contribution is -2.64. The lowest BCUT2D eigenvalue weighted by atomic mass is 9.90. The number of hydrogen-bond donors (Lipinski definition) is 17. The van der Waals surface area contributed by atoms with Crippen LogP contribution in [-0.4, -0.2) is 224 Å². The molecule has 0 aliphatic carbocycles. The maximum absolute atomic E-state index is 9.60. The maximum Gasteiger partial charge on any atom is 0.330 e. The fourth-order valence-corrected chi connectivity index (χ4v) is 3.05. The summed E-state index contributed by atoms with van der Waals surface area (Å²) in [5.74, 6) is -9.96. The van der Waals surface area contributed by atoms with Crippen LogP contribution in [0.2, 0.25) is 0 Å². The van der Waals surface area contributed by atoms with Gasteiger partial charge in [-0.2, -0.15) is 0 Å². The fraction of sp³-hybridized carbons (Fsp3) is 0.526. The normalized spacial score (nSPS) is 9.79. The van der Waals surface area contributed by atoms with Gasteiger partial charge in [0.15, 0.2) is 18.2 Å². The van der Waals surface area contributed by atoms with Crippen molar-refractivity contribution in [2.45, 2.75) is 132 Å². The molecular weight excluding hydrogens is 1160 g/mol. The maximum atomic E-state index is 9.60. The van der Waals surface area contributed by atoms with E-state index < -0.39 is 90.9 Å². The van der Waals surface area contributed by atoms with Crippen molar-refractivity contribution in [3.8, 4) is 0 Å². The summed E-state index contributed by atoms with van der Waals surface area (Å²) in [5, 5.41) is 141. The summed E-state index contributed by atoms with van der Waals surface area (Å²) < 4.78 is 21.3. The quantitative estimate of drug-likeness (QED) is 0.0365. The van der Waals surface area contributed by atoms with Gasteiger partial charge < -0.3 is 106 Å². The molecule has 0 fully saturated rings. The van der Waals surface area contributed by atoms with Gasteiger partial charge in [-0.05, 0) is 88.0 Å². The molecule has 0 aliphatic rings. The second-order valence-electron chi connectivity index (χ2n) is 15.9. The minimum atomic E-state index is -1.39. The first kappa shape index (κ1) is 107. The molecule has 0 spiro atoms. The van der Waals surface area contributed by atoms with E-state index in [9.17, 15) is 58.5 Å². The summed E-state index contributed by atoms with van der Waals surface area (Å²) >= 11 is 0. The number of carbonyl (C=O) groups is 9. The molecule has 0 amide bonds. The van der Waals surface area contributed by atoms with Gasteiger partial charge >= 0.3 is 53.7 Å². The minimum Gasteiger partial charge on any atom is -0.478 e. The highest BCUT2D eigenvalue weighted by Gasteiger charge is 2.54. The Morgan fingerprint density at radius 3 is 0.736 bits per heavy atom. The molecule has 510 valence electrons. The van der Waals surface area contributed by atoms with Crippen molar-refractivity contribution in [3.63, 3.8) is 0 Å². The SMILES string of the molecule is C=C(C)C(=O)O.C=C(C)C(=O)O.C=C(C)C(=O)O.C=C(C)C(=O)O.C=C(C)C(=O)O.C=C(C)C(=O)O.C=CC(=O)O.C=CC(=O)O.C=CC(=O)O.CCC(O)OC(O)CC.CCOC(CO)(CO)C(CCO)(OCC)OCC.OCCCC(CO)CO. The Balaban J connectivity index is -0.0000000726. The minimum absolute atomic E-state index is 0.0104. The monoisotopic (exact) mass is 1270 g/mol. The van der Waals surface area contributed by atoms with Crippen LogP contribution in [0.5, 0.6) is 0 Å². The zero-order valence-corrected chi connectivity index (χ0v) is 52.1. The molecule has 2 unspecified atom stereocenters. The number of aliphatic hydroxyl groups is 8. The van der Waals surface area contributed by atoms with Crippen molar-refractivity contribution in [2.75, 3.05) is 59.5 Å². The Kier molecular flexibility index (Phi) is 92.0. The molecule has 0 saturated heterocycles. The predicted octanol–water partition coefficient (Wildman–Crippen LogP) is 4.37. The van der Waals surface area contributed by atoms with Gasteiger partial charge in [-0.25, -0.2) is 43.2 Å². The molecular formula is C57H102O30. The highest BCUT2D eigenvalue weighted by molar-refractivity contribution is 5.86.